The third-order valence-corrected chi connectivity index (χ3v) is 8.77. The average molecular weight is 326 g/mol. The van der Waals surface area contributed by atoms with Crippen LogP contribution in [0.1, 0.15) is 64.7 Å². The van der Waals surface area contributed by atoms with Crippen molar-refractivity contribution in [1.29, 1.82) is 0 Å². The lowest BCUT2D eigenvalue weighted by Crippen LogP contribution is -2.59. The van der Waals surface area contributed by atoms with Gasteiger partial charge in [-0.05, 0) is 56.3 Å². The molecule has 0 radical (unpaired) electrons. The van der Waals surface area contributed by atoms with Crippen molar-refractivity contribution >= 4 is 11.6 Å². The number of epoxide rings is 1. The van der Waals surface area contributed by atoms with Crippen LogP contribution < -0.4 is 0 Å². The van der Waals surface area contributed by atoms with Crippen LogP contribution in [0.25, 0.3) is 0 Å². The zero-order valence-electron chi connectivity index (χ0n) is 14.5. The Bertz CT molecular complexity index is 675. The molecule has 4 saturated carbocycles. The van der Waals surface area contributed by atoms with Crippen molar-refractivity contribution in [2.75, 3.05) is 0 Å². The van der Waals surface area contributed by atoms with E-state index in [4.69, 9.17) is 11.2 Å². The lowest BCUT2D eigenvalue weighted by molar-refractivity contribution is -0.142. The van der Waals surface area contributed by atoms with Crippen molar-refractivity contribution in [3.8, 4) is 12.3 Å². The molecule has 1 saturated heterocycles. The molecule has 7 atom stereocenters. The van der Waals surface area contributed by atoms with Gasteiger partial charge in [0, 0.05) is 30.1 Å². The summed E-state index contributed by atoms with van der Waals surface area (Å²) in [6, 6.07) is 0. The molecule has 1 spiro atoms. The van der Waals surface area contributed by atoms with Gasteiger partial charge in [-0.25, -0.2) is 0 Å². The Kier molecular flexibility index (Phi) is 2.85. The fourth-order valence-electron chi connectivity index (χ4n) is 7.59. The first-order valence-electron chi connectivity index (χ1n) is 9.66. The van der Waals surface area contributed by atoms with E-state index in [1.54, 1.807) is 0 Å². The highest BCUT2D eigenvalue weighted by Gasteiger charge is 2.77. The van der Waals surface area contributed by atoms with Crippen molar-refractivity contribution < 1.29 is 14.3 Å². The highest BCUT2D eigenvalue weighted by molar-refractivity contribution is 5.89. The molecule has 0 aromatic carbocycles. The van der Waals surface area contributed by atoms with Crippen LogP contribution in [0, 0.1) is 40.9 Å². The number of fused-ring (bicyclic) bond motifs is 4. The second-order valence-electron chi connectivity index (χ2n) is 9.22. The minimum atomic E-state index is -0.258. The van der Waals surface area contributed by atoms with Gasteiger partial charge in [-0.2, -0.15) is 0 Å². The van der Waals surface area contributed by atoms with Gasteiger partial charge >= 0.3 is 0 Å². The maximum Gasteiger partial charge on any atom is 0.164 e. The molecule has 0 N–H and O–H groups in total. The zero-order valence-corrected chi connectivity index (χ0v) is 14.5. The zero-order chi connectivity index (χ0) is 16.7. The molecule has 5 rings (SSSR count). The summed E-state index contributed by atoms with van der Waals surface area (Å²) >= 11 is 0. The molecular formula is C21H26O3. The Morgan fingerprint density at radius 1 is 1.12 bits per heavy atom. The van der Waals surface area contributed by atoms with Gasteiger partial charge in [0.05, 0.1) is 0 Å². The van der Waals surface area contributed by atoms with Crippen molar-refractivity contribution in [2.45, 2.75) is 76.4 Å². The number of hydrogen-bond donors (Lipinski definition) is 0. The van der Waals surface area contributed by atoms with Crippen LogP contribution in [-0.2, 0) is 14.3 Å². The van der Waals surface area contributed by atoms with Gasteiger partial charge in [-0.15, -0.1) is 12.3 Å². The summed E-state index contributed by atoms with van der Waals surface area (Å²) in [5.74, 6) is 5.36. The Morgan fingerprint density at radius 2 is 1.96 bits per heavy atom. The summed E-state index contributed by atoms with van der Waals surface area (Å²) in [6.07, 6.45) is 13.8. The molecule has 1 aliphatic heterocycles. The molecule has 1 unspecified atom stereocenters. The van der Waals surface area contributed by atoms with E-state index in [1.807, 2.05) is 0 Å². The van der Waals surface area contributed by atoms with Gasteiger partial charge in [0.15, 0.2) is 5.78 Å². The van der Waals surface area contributed by atoms with Crippen LogP contribution in [0.15, 0.2) is 0 Å². The second-order valence-corrected chi connectivity index (χ2v) is 9.22. The molecule has 0 amide bonds. The quantitative estimate of drug-likeness (QED) is 0.549. The van der Waals surface area contributed by atoms with Gasteiger partial charge in [0.1, 0.15) is 17.5 Å². The molecule has 3 heteroatoms. The summed E-state index contributed by atoms with van der Waals surface area (Å²) in [7, 11) is 0. The summed E-state index contributed by atoms with van der Waals surface area (Å²) in [6.45, 7) is 2.21. The summed E-state index contributed by atoms with van der Waals surface area (Å²) in [5, 5.41) is 0. The van der Waals surface area contributed by atoms with Crippen LogP contribution in [0.5, 0.6) is 0 Å². The molecular weight excluding hydrogens is 300 g/mol. The minimum Gasteiger partial charge on any atom is -0.357 e. The number of carbonyl (C=O) groups excluding carboxylic acids is 2. The van der Waals surface area contributed by atoms with Crippen LogP contribution >= 0.6 is 0 Å². The number of terminal acetylenes is 1. The van der Waals surface area contributed by atoms with Gasteiger partial charge in [-0.1, -0.05) is 6.92 Å². The largest absolute Gasteiger partial charge is 0.357 e. The molecule has 1 heterocycles. The lowest BCUT2D eigenvalue weighted by atomic mass is 9.43. The Labute approximate surface area is 143 Å². The van der Waals surface area contributed by atoms with E-state index in [-0.39, 0.29) is 28.3 Å². The lowest BCUT2D eigenvalue weighted by Gasteiger charge is -2.59. The number of rotatable bonds is 1. The number of ketones is 2. The standard InChI is InChI=1S/C21H26O3/c1-3-9-20-11-8-16(22)18-21(20,24-18)12-6-13-14-4-5-17(23)19(14,2)10-7-15(13)20/h1,13-15,18H,4-12H2,2H3/t13-,14-,15-,18?,19-,20+,21-/m0/s1. The Balaban J connectivity index is 1.56. The van der Waals surface area contributed by atoms with Crippen molar-refractivity contribution in [3.63, 3.8) is 0 Å². The maximum atomic E-state index is 12.5. The molecule has 4 aliphatic carbocycles. The van der Waals surface area contributed by atoms with Crippen molar-refractivity contribution in [1.82, 2.24) is 0 Å². The molecule has 3 nitrogen and oxygen atoms in total. The number of ether oxygens (including phenoxy) is 1. The van der Waals surface area contributed by atoms with Gasteiger partial charge < -0.3 is 4.74 Å². The van der Waals surface area contributed by atoms with E-state index in [1.165, 1.54) is 0 Å². The van der Waals surface area contributed by atoms with Crippen LogP contribution in [0.4, 0.5) is 0 Å². The van der Waals surface area contributed by atoms with Crippen LogP contribution in [0.2, 0.25) is 0 Å². The third-order valence-electron chi connectivity index (χ3n) is 8.77. The number of Topliss-reactive ketones (excluding diaryl/α,β-unsaturated/α-hetero) is 2. The van der Waals surface area contributed by atoms with E-state index >= 15 is 0 Å². The summed E-state index contributed by atoms with van der Waals surface area (Å²) in [5.41, 5.74) is -0.375. The summed E-state index contributed by atoms with van der Waals surface area (Å²) < 4.78 is 6.13. The van der Waals surface area contributed by atoms with Gasteiger partial charge in [0.25, 0.3) is 0 Å². The maximum absolute atomic E-state index is 12.5. The fraction of sp³-hybridized carbons (Fsp3) is 0.810. The van der Waals surface area contributed by atoms with Gasteiger partial charge in [0.2, 0.25) is 0 Å². The molecule has 0 bridgehead atoms. The Hall–Kier alpha value is -1.14. The first kappa shape index (κ1) is 15.1. The molecule has 5 aliphatic rings. The van der Waals surface area contributed by atoms with E-state index in [0.29, 0.717) is 30.0 Å². The molecule has 24 heavy (non-hydrogen) atoms. The minimum absolute atomic E-state index is 0.0176. The topological polar surface area (TPSA) is 46.7 Å². The highest BCUT2D eigenvalue weighted by Crippen LogP contribution is 2.72. The van der Waals surface area contributed by atoms with E-state index < -0.39 is 0 Å². The second kappa shape index (κ2) is 4.52. The first-order chi connectivity index (χ1) is 11.5. The number of hydrogen-bond acceptors (Lipinski definition) is 3. The normalized spacial score (nSPS) is 55.0. The summed E-state index contributed by atoms with van der Waals surface area (Å²) in [4.78, 5) is 24.8. The predicted molar refractivity (Wildman–Crippen MR) is 89.0 cm³/mol. The third kappa shape index (κ3) is 1.51. The molecule has 128 valence electrons. The van der Waals surface area contributed by atoms with Crippen LogP contribution in [0.3, 0.4) is 0 Å². The molecule has 0 aromatic heterocycles. The Morgan fingerprint density at radius 3 is 2.75 bits per heavy atom. The first-order valence-corrected chi connectivity index (χ1v) is 9.66. The van der Waals surface area contributed by atoms with E-state index in [2.05, 4.69) is 12.8 Å². The monoisotopic (exact) mass is 326 g/mol. The average Bonchev–Trinajstić information content (AvgIpc) is 3.24. The fourth-order valence-corrected chi connectivity index (χ4v) is 7.59. The van der Waals surface area contributed by atoms with Gasteiger partial charge in [-0.3, -0.25) is 9.59 Å². The molecule has 0 aromatic rings. The smallest absolute Gasteiger partial charge is 0.164 e. The van der Waals surface area contributed by atoms with E-state index in [9.17, 15) is 9.59 Å². The van der Waals surface area contributed by atoms with Crippen molar-refractivity contribution in [2.24, 2.45) is 28.6 Å². The predicted octanol–water partition coefficient (Wildman–Crippen LogP) is 3.30. The number of carbonyl (C=O) groups is 2. The van der Waals surface area contributed by atoms with Crippen LogP contribution in [-0.4, -0.2) is 23.3 Å². The molecule has 5 fully saturated rings. The SMILES string of the molecule is C#CC[C@]12CCC(=O)C3O[C@@]31CC[C@@H]1[C@@H]2CC[C@]2(C)C(=O)CC[C@@H]12. The van der Waals surface area contributed by atoms with Crippen molar-refractivity contribution in [3.05, 3.63) is 0 Å². The highest BCUT2D eigenvalue weighted by atomic mass is 16.6. The van der Waals surface area contributed by atoms with E-state index in [0.717, 1.165) is 51.4 Å².